The summed E-state index contributed by atoms with van der Waals surface area (Å²) in [5.41, 5.74) is 0. The molecular weight excluding hydrogens is 192 g/mol. The van der Waals surface area contributed by atoms with Crippen LogP contribution in [0.25, 0.3) is 0 Å². The Morgan fingerprint density at radius 1 is 1.13 bits per heavy atom. The van der Waals surface area contributed by atoms with Gasteiger partial charge in [0.2, 0.25) is 0 Å². The van der Waals surface area contributed by atoms with E-state index in [9.17, 15) is 9.59 Å². The molecule has 0 saturated carbocycles. The number of hydrogen-bond donors (Lipinski definition) is 2. The van der Waals surface area contributed by atoms with E-state index < -0.39 is 11.8 Å². The Balaban J connectivity index is 3.75. The fourth-order valence-electron chi connectivity index (χ4n) is 0.946. The van der Waals surface area contributed by atoms with Crippen LogP contribution in [0.4, 0.5) is 0 Å². The SMILES string of the molecule is CCC(C)NC(=O)C(=O)NCCC(C)C. The first-order valence-corrected chi connectivity index (χ1v) is 5.56. The number of hydrogen-bond acceptors (Lipinski definition) is 2. The van der Waals surface area contributed by atoms with Gasteiger partial charge in [0.05, 0.1) is 0 Å². The highest BCUT2D eigenvalue weighted by atomic mass is 16.2. The Morgan fingerprint density at radius 2 is 1.73 bits per heavy atom. The van der Waals surface area contributed by atoms with E-state index in [4.69, 9.17) is 0 Å². The van der Waals surface area contributed by atoms with E-state index in [1.54, 1.807) is 0 Å². The number of carbonyl (C=O) groups excluding carboxylic acids is 2. The zero-order chi connectivity index (χ0) is 11.8. The van der Waals surface area contributed by atoms with Crippen molar-refractivity contribution in [2.75, 3.05) is 6.54 Å². The van der Waals surface area contributed by atoms with E-state index in [0.717, 1.165) is 12.8 Å². The Bertz CT molecular complexity index is 215. The summed E-state index contributed by atoms with van der Waals surface area (Å²) < 4.78 is 0. The van der Waals surface area contributed by atoms with Crippen LogP contribution < -0.4 is 10.6 Å². The van der Waals surface area contributed by atoms with Crippen molar-refractivity contribution in [1.82, 2.24) is 10.6 Å². The predicted molar refractivity (Wildman–Crippen MR) is 60.4 cm³/mol. The highest BCUT2D eigenvalue weighted by Gasteiger charge is 2.14. The van der Waals surface area contributed by atoms with Gasteiger partial charge in [-0.1, -0.05) is 20.8 Å². The molecule has 0 aliphatic rings. The van der Waals surface area contributed by atoms with Crippen LogP contribution in [-0.2, 0) is 9.59 Å². The van der Waals surface area contributed by atoms with Crippen molar-refractivity contribution in [2.45, 2.75) is 46.6 Å². The van der Waals surface area contributed by atoms with Crippen molar-refractivity contribution in [3.05, 3.63) is 0 Å². The lowest BCUT2D eigenvalue weighted by Crippen LogP contribution is -2.43. The lowest BCUT2D eigenvalue weighted by atomic mass is 10.1. The first-order valence-electron chi connectivity index (χ1n) is 5.56. The Morgan fingerprint density at radius 3 is 2.20 bits per heavy atom. The molecule has 88 valence electrons. The molecule has 0 aliphatic carbocycles. The average Bonchev–Trinajstić information content (AvgIpc) is 2.16. The van der Waals surface area contributed by atoms with Gasteiger partial charge in [0.25, 0.3) is 0 Å². The first-order chi connectivity index (χ1) is 6.97. The van der Waals surface area contributed by atoms with Gasteiger partial charge in [-0.05, 0) is 25.7 Å². The van der Waals surface area contributed by atoms with Gasteiger partial charge in [-0.15, -0.1) is 0 Å². The van der Waals surface area contributed by atoms with Gasteiger partial charge in [0.15, 0.2) is 0 Å². The molecule has 0 fully saturated rings. The average molecular weight is 214 g/mol. The number of amides is 2. The Labute approximate surface area is 91.8 Å². The maximum absolute atomic E-state index is 11.3. The summed E-state index contributed by atoms with van der Waals surface area (Å²) in [4.78, 5) is 22.5. The van der Waals surface area contributed by atoms with Crippen LogP contribution in [0.1, 0.15) is 40.5 Å². The van der Waals surface area contributed by atoms with E-state index in [1.165, 1.54) is 0 Å². The van der Waals surface area contributed by atoms with Crippen molar-refractivity contribution in [3.8, 4) is 0 Å². The van der Waals surface area contributed by atoms with E-state index in [1.807, 2.05) is 13.8 Å². The highest BCUT2D eigenvalue weighted by Crippen LogP contribution is 1.96. The molecule has 1 unspecified atom stereocenters. The third-order valence-electron chi connectivity index (χ3n) is 2.20. The molecule has 4 heteroatoms. The molecule has 2 amide bonds. The fourth-order valence-corrected chi connectivity index (χ4v) is 0.946. The summed E-state index contributed by atoms with van der Waals surface area (Å²) in [5.74, 6) is -0.535. The van der Waals surface area contributed by atoms with Crippen molar-refractivity contribution >= 4 is 11.8 Å². The quantitative estimate of drug-likeness (QED) is 0.672. The largest absolute Gasteiger partial charge is 0.348 e. The zero-order valence-corrected chi connectivity index (χ0v) is 10.1. The maximum atomic E-state index is 11.3. The molecule has 0 aromatic rings. The number of rotatable bonds is 5. The monoisotopic (exact) mass is 214 g/mol. The molecule has 0 aliphatic heterocycles. The molecule has 4 nitrogen and oxygen atoms in total. The second-order valence-electron chi connectivity index (χ2n) is 4.22. The van der Waals surface area contributed by atoms with Crippen molar-refractivity contribution in [2.24, 2.45) is 5.92 Å². The van der Waals surface area contributed by atoms with E-state index >= 15 is 0 Å². The molecule has 0 aromatic carbocycles. The van der Waals surface area contributed by atoms with Crippen LogP contribution in [0, 0.1) is 5.92 Å². The van der Waals surface area contributed by atoms with E-state index in [2.05, 4.69) is 24.5 Å². The van der Waals surface area contributed by atoms with Crippen molar-refractivity contribution in [3.63, 3.8) is 0 Å². The highest BCUT2D eigenvalue weighted by molar-refractivity contribution is 6.35. The molecule has 0 rings (SSSR count). The van der Waals surface area contributed by atoms with E-state index in [-0.39, 0.29) is 6.04 Å². The van der Waals surface area contributed by atoms with Crippen LogP contribution in [0.5, 0.6) is 0 Å². The van der Waals surface area contributed by atoms with Crippen molar-refractivity contribution in [1.29, 1.82) is 0 Å². The summed E-state index contributed by atoms with van der Waals surface area (Å²) in [6.45, 7) is 8.54. The standard InChI is InChI=1S/C11H22N2O2/c1-5-9(4)13-11(15)10(14)12-7-6-8(2)3/h8-9H,5-7H2,1-4H3,(H,12,14)(H,13,15). The molecular formula is C11H22N2O2. The third kappa shape index (κ3) is 6.94. The first kappa shape index (κ1) is 13.9. The normalized spacial score (nSPS) is 12.3. The molecule has 1 atom stereocenters. The summed E-state index contributed by atoms with van der Waals surface area (Å²) in [6.07, 6.45) is 1.72. The van der Waals surface area contributed by atoms with Crippen LogP contribution in [-0.4, -0.2) is 24.4 Å². The van der Waals surface area contributed by atoms with Gasteiger partial charge >= 0.3 is 11.8 Å². The van der Waals surface area contributed by atoms with Crippen LogP contribution >= 0.6 is 0 Å². The predicted octanol–water partition coefficient (Wildman–Crippen LogP) is 1.06. The zero-order valence-electron chi connectivity index (χ0n) is 10.1. The van der Waals surface area contributed by atoms with Crippen molar-refractivity contribution < 1.29 is 9.59 Å². The summed E-state index contributed by atoms with van der Waals surface area (Å²) in [5, 5.41) is 5.21. The fraction of sp³-hybridized carbons (Fsp3) is 0.818. The molecule has 0 heterocycles. The Hall–Kier alpha value is -1.06. The van der Waals surface area contributed by atoms with Gasteiger partial charge in [-0.3, -0.25) is 9.59 Å². The van der Waals surface area contributed by atoms with Gasteiger partial charge in [-0.2, -0.15) is 0 Å². The van der Waals surface area contributed by atoms with Crippen LogP contribution in [0.2, 0.25) is 0 Å². The second kappa shape index (κ2) is 7.26. The summed E-state index contributed by atoms with van der Waals surface area (Å²) in [6, 6.07) is 0.0494. The third-order valence-corrected chi connectivity index (χ3v) is 2.20. The lowest BCUT2D eigenvalue weighted by molar-refractivity contribution is -0.139. The number of carbonyl (C=O) groups is 2. The second-order valence-corrected chi connectivity index (χ2v) is 4.22. The summed E-state index contributed by atoms with van der Waals surface area (Å²) in [7, 11) is 0. The molecule has 15 heavy (non-hydrogen) atoms. The minimum atomic E-state index is -0.534. The Kier molecular flexibility index (Phi) is 6.75. The number of nitrogens with one attached hydrogen (secondary N) is 2. The molecule has 0 spiro atoms. The van der Waals surface area contributed by atoms with Gasteiger partial charge in [-0.25, -0.2) is 0 Å². The van der Waals surface area contributed by atoms with Crippen LogP contribution in [0.3, 0.4) is 0 Å². The molecule has 0 bridgehead atoms. The lowest BCUT2D eigenvalue weighted by Gasteiger charge is -2.11. The maximum Gasteiger partial charge on any atom is 0.309 e. The van der Waals surface area contributed by atoms with Gasteiger partial charge < -0.3 is 10.6 Å². The molecule has 0 saturated heterocycles. The van der Waals surface area contributed by atoms with Crippen LogP contribution in [0.15, 0.2) is 0 Å². The minimum absolute atomic E-state index is 0.0494. The minimum Gasteiger partial charge on any atom is -0.348 e. The molecule has 2 N–H and O–H groups in total. The smallest absolute Gasteiger partial charge is 0.309 e. The van der Waals surface area contributed by atoms with E-state index in [0.29, 0.717) is 12.5 Å². The molecule has 0 aromatic heterocycles. The van der Waals surface area contributed by atoms with Gasteiger partial charge in [0.1, 0.15) is 0 Å². The topological polar surface area (TPSA) is 58.2 Å². The van der Waals surface area contributed by atoms with Gasteiger partial charge in [0, 0.05) is 12.6 Å². The summed E-state index contributed by atoms with van der Waals surface area (Å²) >= 11 is 0. The molecule has 0 radical (unpaired) electrons.